The van der Waals surface area contributed by atoms with E-state index in [1.165, 1.54) is 7.11 Å². The van der Waals surface area contributed by atoms with Crippen molar-refractivity contribution >= 4 is 16.9 Å². The van der Waals surface area contributed by atoms with Crippen LogP contribution in [-0.4, -0.2) is 22.6 Å². The summed E-state index contributed by atoms with van der Waals surface area (Å²) < 4.78 is 6.37. The Morgan fingerprint density at radius 2 is 2.20 bits per heavy atom. The molecule has 0 N–H and O–H groups in total. The molecule has 5 nitrogen and oxygen atoms in total. The van der Waals surface area contributed by atoms with Crippen LogP contribution in [0.5, 0.6) is 0 Å². The van der Waals surface area contributed by atoms with E-state index in [9.17, 15) is 9.59 Å². The van der Waals surface area contributed by atoms with Crippen molar-refractivity contribution < 1.29 is 9.53 Å². The van der Waals surface area contributed by atoms with E-state index >= 15 is 0 Å². The van der Waals surface area contributed by atoms with Gasteiger partial charge in [-0.05, 0) is 25.5 Å². The van der Waals surface area contributed by atoms with Gasteiger partial charge in [0.25, 0.3) is 5.56 Å². The lowest BCUT2D eigenvalue weighted by molar-refractivity contribution is 0.0599. The third kappa shape index (κ3) is 2.57. The van der Waals surface area contributed by atoms with Gasteiger partial charge in [0.1, 0.15) is 0 Å². The first-order chi connectivity index (χ1) is 9.58. The summed E-state index contributed by atoms with van der Waals surface area (Å²) in [4.78, 5) is 28.4. The summed E-state index contributed by atoms with van der Waals surface area (Å²) in [6.07, 6.45) is 3.71. The minimum absolute atomic E-state index is 0.117. The van der Waals surface area contributed by atoms with Crippen molar-refractivity contribution in [2.75, 3.05) is 7.11 Å². The molecule has 0 atom stereocenters. The molecule has 0 unspecified atom stereocenters. The number of aryl methyl sites for hydroxylation is 2. The summed E-state index contributed by atoms with van der Waals surface area (Å²) in [5.74, 6) is -0.472. The molecule has 0 fully saturated rings. The fourth-order valence-corrected chi connectivity index (χ4v) is 2.13. The number of carbonyl (C=O) groups excluding carboxylic acids is 1. The third-order valence-electron chi connectivity index (χ3n) is 3.30. The van der Waals surface area contributed by atoms with Crippen LogP contribution in [0, 0.1) is 6.92 Å². The van der Waals surface area contributed by atoms with Crippen molar-refractivity contribution in [3.05, 3.63) is 39.9 Å². The lowest BCUT2D eigenvalue weighted by Crippen LogP contribution is -2.20. The van der Waals surface area contributed by atoms with Gasteiger partial charge in [-0.2, -0.15) is 0 Å². The number of rotatable bonds is 4. The van der Waals surface area contributed by atoms with Crippen LogP contribution in [0.1, 0.15) is 35.8 Å². The van der Waals surface area contributed by atoms with E-state index in [0.717, 1.165) is 12.8 Å². The van der Waals surface area contributed by atoms with Crippen molar-refractivity contribution in [2.24, 2.45) is 0 Å². The molecule has 0 aliphatic rings. The summed E-state index contributed by atoms with van der Waals surface area (Å²) in [6.45, 7) is 4.48. The molecule has 2 aromatic rings. The van der Waals surface area contributed by atoms with Gasteiger partial charge in [0.15, 0.2) is 0 Å². The maximum absolute atomic E-state index is 12.4. The van der Waals surface area contributed by atoms with Crippen LogP contribution in [-0.2, 0) is 11.3 Å². The highest BCUT2D eigenvalue weighted by Crippen LogP contribution is 2.14. The number of fused-ring (bicyclic) bond motifs is 1. The number of carbonyl (C=O) groups is 1. The van der Waals surface area contributed by atoms with E-state index in [-0.39, 0.29) is 5.56 Å². The van der Waals surface area contributed by atoms with Gasteiger partial charge in [0, 0.05) is 12.7 Å². The second-order valence-corrected chi connectivity index (χ2v) is 4.71. The zero-order chi connectivity index (χ0) is 14.7. The predicted octanol–water partition coefficient (Wildman–Crippen LogP) is 2.29. The van der Waals surface area contributed by atoms with Gasteiger partial charge in [-0.3, -0.25) is 9.78 Å². The normalized spacial score (nSPS) is 10.8. The van der Waals surface area contributed by atoms with Gasteiger partial charge < -0.3 is 9.30 Å². The van der Waals surface area contributed by atoms with Crippen molar-refractivity contribution in [1.29, 1.82) is 0 Å². The van der Waals surface area contributed by atoms with Crippen molar-refractivity contribution in [3.8, 4) is 0 Å². The van der Waals surface area contributed by atoms with Crippen LogP contribution < -0.4 is 5.56 Å². The van der Waals surface area contributed by atoms with Gasteiger partial charge in [-0.1, -0.05) is 13.3 Å². The number of aromatic nitrogens is 2. The number of hydrogen-bond acceptors (Lipinski definition) is 4. The van der Waals surface area contributed by atoms with E-state index in [1.807, 2.05) is 0 Å². The molecule has 0 amide bonds. The molecule has 2 rings (SSSR count). The Hall–Kier alpha value is -2.17. The van der Waals surface area contributed by atoms with Crippen LogP contribution in [0.25, 0.3) is 10.9 Å². The molecule has 0 radical (unpaired) electrons. The Morgan fingerprint density at radius 3 is 2.85 bits per heavy atom. The first-order valence-electron chi connectivity index (χ1n) is 6.67. The minimum atomic E-state index is -0.472. The number of methoxy groups -OCH3 is 1. The second-order valence-electron chi connectivity index (χ2n) is 4.71. The number of esters is 1. The smallest absolute Gasteiger partial charge is 0.339 e. The summed E-state index contributed by atoms with van der Waals surface area (Å²) >= 11 is 0. The van der Waals surface area contributed by atoms with Gasteiger partial charge in [-0.15, -0.1) is 0 Å². The molecule has 0 aromatic carbocycles. The number of nitrogens with zero attached hydrogens (tertiary/aromatic N) is 2. The molecule has 0 aliphatic carbocycles. The lowest BCUT2D eigenvalue weighted by Gasteiger charge is -2.08. The quantitative estimate of drug-likeness (QED) is 0.803. The molecule has 5 heteroatoms. The first-order valence-corrected chi connectivity index (χ1v) is 6.67. The molecule has 0 saturated heterocycles. The zero-order valence-corrected chi connectivity index (χ0v) is 12.0. The number of pyridine rings is 2. The molecule has 106 valence electrons. The van der Waals surface area contributed by atoms with Gasteiger partial charge >= 0.3 is 5.97 Å². The van der Waals surface area contributed by atoms with Gasteiger partial charge in [-0.25, -0.2) is 4.79 Å². The molecule has 0 spiro atoms. The monoisotopic (exact) mass is 274 g/mol. The van der Waals surface area contributed by atoms with E-state index in [2.05, 4.69) is 11.9 Å². The molecular weight excluding hydrogens is 256 g/mol. The zero-order valence-electron chi connectivity index (χ0n) is 12.0. The topological polar surface area (TPSA) is 61.2 Å². The van der Waals surface area contributed by atoms with E-state index in [1.54, 1.807) is 29.8 Å². The van der Waals surface area contributed by atoms with Crippen molar-refractivity contribution in [2.45, 2.75) is 33.2 Å². The Morgan fingerprint density at radius 1 is 1.45 bits per heavy atom. The Labute approximate surface area is 117 Å². The van der Waals surface area contributed by atoms with Crippen LogP contribution in [0.15, 0.2) is 23.1 Å². The van der Waals surface area contributed by atoms with Crippen molar-refractivity contribution in [1.82, 2.24) is 9.55 Å². The number of ether oxygens (including phenoxy) is 1. The van der Waals surface area contributed by atoms with Gasteiger partial charge in [0.2, 0.25) is 0 Å². The molecule has 0 aliphatic heterocycles. The summed E-state index contributed by atoms with van der Waals surface area (Å²) in [7, 11) is 1.32. The van der Waals surface area contributed by atoms with E-state index < -0.39 is 5.97 Å². The minimum Gasteiger partial charge on any atom is -0.465 e. The Bertz CT molecular complexity index is 704. The number of hydrogen-bond donors (Lipinski definition) is 0. The third-order valence-corrected chi connectivity index (χ3v) is 3.30. The highest BCUT2D eigenvalue weighted by atomic mass is 16.5. The maximum Gasteiger partial charge on any atom is 0.339 e. The van der Waals surface area contributed by atoms with Crippen LogP contribution in [0.4, 0.5) is 0 Å². The molecule has 20 heavy (non-hydrogen) atoms. The average Bonchev–Trinajstić information content (AvgIpc) is 2.45. The Kier molecular flexibility index (Phi) is 4.17. The largest absolute Gasteiger partial charge is 0.465 e. The fourth-order valence-electron chi connectivity index (χ4n) is 2.13. The fraction of sp³-hybridized carbons (Fsp3) is 0.400. The highest BCUT2D eigenvalue weighted by molar-refractivity contribution is 5.94. The summed E-state index contributed by atoms with van der Waals surface area (Å²) in [5, 5.41) is 0.453. The lowest BCUT2D eigenvalue weighted by atomic mass is 10.1. The maximum atomic E-state index is 12.4. The van der Waals surface area contributed by atoms with Crippen LogP contribution in [0.2, 0.25) is 0 Å². The Balaban J connectivity index is 2.61. The van der Waals surface area contributed by atoms with E-state index in [0.29, 0.717) is 28.7 Å². The molecule has 2 aromatic heterocycles. The molecule has 0 saturated carbocycles. The highest BCUT2D eigenvalue weighted by Gasteiger charge is 2.14. The first kappa shape index (κ1) is 14.2. The molecule has 2 heterocycles. The number of unbranched alkanes of at least 4 members (excludes halogenated alkanes) is 1. The average molecular weight is 274 g/mol. The van der Waals surface area contributed by atoms with Crippen LogP contribution >= 0.6 is 0 Å². The summed E-state index contributed by atoms with van der Waals surface area (Å²) in [6, 6.07) is 3.38. The second kappa shape index (κ2) is 5.86. The van der Waals surface area contributed by atoms with Crippen molar-refractivity contribution in [3.63, 3.8) is 0 Å². The summed E-state index contributed by atoms with van der Waals surface area (Å²) in [5.41, 5.74) is 1.39. The standard InChI is InChI=1S/C15H18N2O3/c1-4-5-7-17-8-6-13-12(14(17)18)9-11(10(2)16-13)15(19)20-3/h6,8-9H,4-5,7H2,1-3H3. The molecular formula is C15H18N2O3. The van der Waals surface area contributed by atoms with Gasteiger partial charge in [0.05, 0.1) is 29.3 Å². The molecule has 0 bridgehead atoms. The van der Waals surface area contributed by atoms with E-state index in [4.69, 9.17) is 4.74 Å². The SMILES string of the molecule is CCCCn1ccc2nc(C)c(C(=O)OC)cc2c1=O. The predicted molar refractivity (Wildman–Crippen MR) is 77.0 cm³/mol. The van der Waals surface area contributed by atoms with Crippen LogP contribution in [0.3, 0.4) is 0 Å².